The van der Waals surface area contributed by atoms with Gasteiger partial charge in [0.1, 0.15) is 0 Å². The maximum absolute atomic E-state index is 9.45. The summed E-state index contributed by atoms with van der Waals surface area (Å²) in [7, 11) is 1.94. The Bertz CT molecular complexity index is 560. The molecule has 2 aromatic carbocycles. The second-order valence-electron chi connectivity index (χ2n) is 4.15. The Morgan fingerprint density at radius 2 is 1.84 bits per heavy atom. The third-order valence-corrected chi connectivity index (χ3v) is 4.48. The monoisotopic (exact) mass is 337 g/mol. The summed E-state index contributed by atoms with van der Waals surface area (Å²) in [6, 6.07) is 14.3. The fourth-order valence-corrected chi connectivity index (χ4v) is 3.28. The van der Waals surface area contributed by atoms with Crippen LogP contribution in [0.15, 0.2) is 56.7 Å². The quantitative estimate of drug-likeness (QED) is 0.870. The van der Waals surface area contributed by atoms with Crippen LogP contribution in [0.5, 0.6) is 0 Å². The highest BCUT2D eigenvalue weighted by molar-refractivity contribution is 9.10. The van der Waals surface area contributed by atoms with Gasteiger partial charge < -0.3 is 10.4 Å². The molecule has 0 spiro atoms. The number of hydrogen-bond donors (Lipinski definition) is 2. The molecule has 4 heteroatoms. The molecule has 0 amide bonds. The predicted octanol–water partition coefficient (Wildman–Crippen LogP) is 3.81. The van der Waals surface area contributed by atoms with Crippen LogP contribution < -0.4 is 5.32 Å². The highest BCUT2D eigenvalue weighted by atomic mass is 79.9. The van der Waals surface area contributed by atoms with Crippen molar-refractivity contribution in [2.75, 3.05) is 7.05 Å². The molecule has 2 rings (SSSR count). The first-order chi connectivity index (χ1) is 9.24. The molecule has 2 nitrogen and oxygen atoms in total. The summed E-state index contributed by atoms with van der Waals surface area (Å²) in [6.45, 7) is 0.893. The van der Waals surface area contributed by atoms with Gasteiger partial charge in [0.25, 0.3) is 0 Å². The van der Waals surface area contributed by atoms with Crippen LogP contribution in [0, 0.1) is 0 Å². The van der Waals surface area contributed by atoms with E-state index in [-0.39, 0.29) is 6.61 Å². The van der Waals surface area contributed by atoms with E-state index >= 15 is 0 Å². The molecule has 0 atom stereocenters. The molecule has 0 heterocycles. The lowest BCUT2D eigenvalue weighted by atomic mass is 10.2. The van der Waals surface area contributed by atoms with Crippen molar-refractivity contribution in [1.82, 2.24) is 5.32 Å². The summed E-state index contributed by atoms with van der Waals surface area (Å²) in [5.41, 5.74) is 2.21. The summed E-state index contributed by atoms with van der Waals surface area (Å²) in [5.74, 6) is 0. The number of halogens is 1. The summed E-state index contributed by atoms with van der Waals surface area (Å²) in [4.78, 5) is 2.31. The van der Waals surface area contributed by atoms with E-state index in [1.54, 1.807) is 11.8 Å². The standard InChI is InChI=1S/C15H16BrNOS/c1-17-9-11-4-2-3-5-14(11)19-15-7-6-13(16)8-12(15)10-18/h2-8,17-18H,9-10H2,1H3. The van der Waals surface area contributed by atoms with Crippen molar-refractivity contribution in [3.05, 3.63) is 58.1 Å². The highest BCUT2D eigenvalue weighted by Gasteiger charge is 2.07. The molecule has 100 valence electrons. The van der Waals surface area contributed by atoms with Gasteiger partial charge in [0.15, 0.2) is 0 Å². The lowest BCUT2D eigenvalue weighted by Gasteiger charge is -2.11. The second-order valence-corrected chi connectivity index (χ2v) is 6.15. The SMILES string of the molecule is CNCc1ccccc1Sc1ccc(Br)cc1CO. The van der Waals surface area contributed by atoms with E-state index in [0.29, 0.717) is 0 Å². The van der Waals surface area contributed by atoms with Crippen molar-refractivity contribution in [1.29, 1.82) is 0 Å². The van der Waals surface area contributed by atoms with Crippen molar-refractivity contribution >= 4 is 27.7 Å². The van der Waals surface area contributed by atoms with Gasteiger partial charge in [-0.05, 0) is 42.4 Å². The van der Waals surface area contributed by atoms with Crippen LogP contribution in [-0.4, -0.2) is 12.2 Å². The maximum atomic E-state index is 9.45. The Morgan fingerprint density at radius 3 is 2.58 bits per heavy atom. The van der Waals surface area contributed by atoms with E-state index in [4.69, 9.17) is 0 Å². The molecule has 2 N–H and O–H groups in total. The van der Waals surface area contributed by atoms with Gasteiger partial charge in [0.05, 0.1) is 6.61 Å². The molecule has 0 radical (unpaired) electrons. The van der Waals surface area contributed by atoms with E-state index in [2.05, 4.69) is 33.4 Å². The van der Waals surface area contributed by atoms with Gasteiger partial charge in [-0.2, -0.15) is 0 Å². The number of benzene rings is 2. The van der Waals surface area contributed by atoms with Crippen molar-refractivity contribution in [3.8, 4) is 0 Å². The first-order valence-electron chi connectivity index (χ1n) is 6.04. The van der Waals surface area contributed by atoms with Gasteiger partial charge in [0, 0.05) is 20.8 Å². The van der Waals surface area contributed by atoms with Crippen LogP contribution in [0.25, 0.3) is 0 Å². The lowest BCUT2D eigenvalue weighted by Crippen LogP contribution is -2.05. The number of aliphatic hydroxyl groups is 1. The van der Waals surface area contributed by atoms with E-state index < -0.39 is 0 Å². The molecule has 2 aromatic rings. The molecule has 0 saturated heterocycles. The lowest BCUT2D eigenvalue weighted by molar-refractivity contribution is 0.279. The van der Waals surface area contributed by atoms with Gasteiger partial charge in [-0.15, -0.1) is 0 Å². The van der Waals surface area contributed by atoms with Gasteiger partial charge in [-0.3, -0.25) is 0 Å². The molecule has 0 aliphatic heterocycles. The van der Waals surface area contributed by atoms with Crippen molar-refractivity contribution in [2.24, 2.45) is 0 Å². The molecule has 19 heavy (non-hydrogen) atoms. The Balaban J connectivity index is 2.30. The third-order valence-electron chi connectivity index (χ3n) is 2.75. The highest BCUT2D eigenvalue weighted by Crippen LogP contribution is 2.34. The largest absolute Gasteiger partial charge is 0.392 e. The molecule has 0 fully saturated rings. The Hall–Kier alpha value is -0.810. The number of rotatable bonds is 5. The number of hydrogen-bond acceptors (Lipinski definition) is 3. The minimum absolute atomic E-state index is 0.0516. The summed E-state index contributed by atoms with van der Waals surface area (Å²) in [5, 5.41) is 12.6. The summed E-state index contributed by atoms with van der Waals surface area (Å²) >= 11 is 5.12. The Morgan fingerprint density at radius 1 is 1.11 bits per heavy atom. The van der Waals surface area contributed by atoms with Crippen LogP contribution in [-0.2, 0) is 13.2 Å². The second kappa shape index (κ2) is 7.10. The number of nitrogens with one attached hydrogen (secondary N) is 1. The minimum Gasteiger partial charge on any atom is -0.392 e. The van der Waals surface area contributed by atoms with Crippen molar-refractivity contribution in [2.45, 2.75) is 22.9 Å². The zero-order valence-corrected chi connectivity index (χ0v) is 13.1. The number of aliphatic hydroxyl groups excluding tert-OH is 1. The first kappa shape index (κ1) is 14.6. The topological polar surface area (TPSA) is 32.3 Å². The predicted molar refractivity (Wildman–Crippen MR) is 83.4 cm³/mol. The fraction of sp³-hybridized carbons (Fsp3) is 0.200. The Kier molecular flexibility index (Phi) is 5.45. The first-order valence-corrected chi connectivity index (χ1v) is 7.65. The van der Waals surface area contributed by atoms with Gasteiger partial charge in [0.2, 0.25) is 0 Å². The molecule has 0 aromatic heterocycles. The third kappa shape index (κ3) is 3.83. The van der Waals surface area contributed by atoms with Crippen molar-refractivity contribution in [3.63, 3.8) is 0 Å². The smallest absolute Gasteiger partial charge is 0.0693 e. The van der Waals surface area contributed by atoms with Crippen LogP contribution in [0.2, 0.25) is 0 Å². The molecule has 0 bridgehead atoms. The van der Waals surface area contributed by atoms with E-state index in [1.807, 2.05) is 37.4 Å². The fourth-order valence-electron chi connectivity index (χ4n) is 1.83. The van der Waals surface area contributed by atoms with Gasteiger partial charge >= 0.3 is 0 Å². The molecule has 0 saturated carbocycles. The Labute approximate surface area is 126 Å². The van der Waals surface area contributed by atoms with Crippen molar-refractivity contribution < 1.29 is 5.11 Å². The van der Waals surface area contributed by atoms with E-state index in [0.717, 1.165) is 21.5 Å². The summed E-state index contributed by atoms with van der Waals surface area (Å²) in [6.07, 6.45) is 0. The molecular formula is C15H16BrNOS. The summed E-state index contributed by atoms with van der Waals surface area (Å²) < 4.78 is 0.990. The van der Waals surface area contributed by atoms with E-state index in [9.17, 15) is 5.11 Å². The van der Waals surface area contributed by atoms with Crippen LogP contribution in [0.4, 0.5) is 0 Å². The molecule has 0 aliphatic carbocycles. The van der Waals surface area contributed by atoms with Crippen LogP contribution >= 0.6 is 27.7 Å². The van der Waals surface area contributed by atoms with Crippen LogP contribution in [0.3, 0.4) is 0 Å². The normalized spacial score (nSPS) is 10.7. The zero-order chi connectivity index (χ0) is 13.7. The maximum Gasteiger partial charge on any atom is 0.0693 e. The van der Waals surface area contributed by atoms with Crippen LogP contribution in [0.1, 0.15) is 11.1 Å². The zero-order valence-electron chi connectivity index (χ0n) is 10.7. The van der Waals surface area contributed by atoms with Gasteiger partial charge in [-0.1, -0.05) is 45.9 Å². The van der Waals surface area contributed by atoms with E-state index in [1.165, 1.54) is 10.5 Å². The average molecular weight is 338 g/mol. The molecule has 0 unspecified atom stereocenters. The molecular weight excluding hydrogens is 322 g/mol. The molecule has 0 aliphatic rings. The van der Waals surface area contributed by atoms with Gasteiger partial charge in [-0.25, -0.2) is 0 Å². The minimum atomic E-state index is 0.0516. The average Bonchev–Trinajstić information content (AvgIpc) is 2.43.